The summed E-state index contributed by atoms with van der Waals surface area (Å²) in [6, 6.07) is 9.99. The third-order valence-corrected chi connectivity index (χ3v) is 3.85. The number of benzene rings is 1. The van der Waals surface area contributed by atoms with Crippen molar-refractivity contribution in [1.82, 2.24) is 9.97 Å². The molecule has 0 aliphatic carbocycles. The van der Waals surface area contributed by atoms with E-state index < -0.39 is 0 Å². The van der Waals surface area contributed by atoms with Gasteiger partial charge in [0.1, 0.15) is 10.6 Å². The quantitative estimate of drug-likeness (QED) is 0.785. The van der Waals surface area contributed by atoms with E-state index in [1.807, 2.05) is 31.2 Å². The van der Waals surface area contributed by atoms with Gasteiger partial charge in [0.2, 0.25) is 11.8 Å². The first-order chi connectivity index (χ1) is 9.65. The molecule has 102 valence electrons. The van der Waals surface area contributed by atoms with Crippen molar-refractivity contribution in [3.63, 3.8) is 0 Å². The van der Waals surface area contributed by atoms with Crippen molar-refractivity contribution in [2.75, 3.05) is 12.4 Å². The zero-order valence-electron chi connectivity index (χ0n) is 11.6. The molecule has 0 saturated heterocycles. The summed E-state index contributed by atoms with van der Waals surface area (Å²) in [6.07, 6.45) is 0. The number of aromatic nitrogens is 2. The Labute approximate surface area is 121 Å². The molecule has 2 heterocycles. The number of aryl methyl sites for hydroxylation is 2. The number of nitrogens with zero attached hydrogens (tertiary/aromatic N) is 2. The van der Waals surface area contributed by atoms with Crippen LogP contribution in [0.5, 0.6) is 11.6 Å². The summed E-state index contributed by atoms with van der Waals surface area (Å²) in [5, 5.41) is 3.92. The molecule has 0 saturated carbocycles. The third-order valence-electron chi connectivity index (χ3n) is 2.91. The molecule has 0 bridgehead atoms. The first-order valence-corrected chi connectivity index (χ1v) is 7.18. The van der Waals surface area contributed by atoms with Crippen LogP contribution in [0.2, 0.25) is 0 Å². The SMILES string of the molecule is CNc1nc(Oc2cccc(C)c2)c2cc(C)sc2n1. The summed E-state index contributed by atoms with van der Waals surface area (Å²) >= 11 is 1.64. The highest BCUT2D eigenvalue weighted by atomic mass is 32.1. The van der Waals surface area contributed by atoms with Gasteiger partial charge in [0.15, 0.2) is 0 Å². The number of hydrogen-bond donors (Lipinski definition) is 1. The highest BCUT2D eigenvalue weighted by Gasteiger charge is 2.12. The van der Waals surface area contributed by atoms with E-state index in [0.29, 0.717) is 11.8 Å². The van der Waals surface area contributed by atoms with Crippen molar-refractivity contribution >= 4 is 27.5 Å². The average Bonchev–Trinajstić information content (AvgIpc) is 2.79. The maximum absolute atomic E-state index is 5.94. The van der Waals surface area contributed by atoms with Crippen LogP contribution in [0.1, 0.15) is 10.4 Å². The van der Waals surface area contributed by atoms with Crippen LogP contribution in [-0.4, -0.2) is 17.0 Å². The molecule has 0 atom stereocenters. The zero-order chi connectivity index (χ0) is 14.1. The number of thiophene rings is 1. The van der Waals surface area contributed by atoms with Crippen LogP contribution in [0.15, 0.2) is 30.3 Å². The van der Waals surface area contributed by atoms with Crippen molar-refractivity contribution < 1.29 is 4.74 Å². The van der Waals surface area contributed by atoms with Crippen LogP contribution in [0.3, 0.4) is 0 Å². The van der Waals surface area contributed by atoms with E-state index >= 15 is 0 Å². The first kappa shape index (κ1) is 12.9. The molecule has 0 radical (unpaired) electrons. The maximum Gasteiger partial charge on any atom is 0.232 e. The second-order valence-corrected chi connectivity index (χ2v) is 5.83. The Kier molecular flexibility index (Phi) is 3.28. The first-order valence-electron chi connectivity index (χ1n) is 6.36. The van der Waals surface area contributed by atoms with E-state index in [-0.39, 0.29) is 0 Å². The molecule has 0 aliphatic rings. The zero-order valence-corrected chi connectivity index (χ0v) is 12.4. The van der Waals surface area contributed by atoms with E-state index in [1.54, 1.807) is 18.4 Å². The second-order valence-electron chi connectivity index (χ2n) is 4.60. The molecular formula is C15H15N3OS. The predicted octanol–water partition coefficient (Wildman–Crippen LogP) is 4.14. The van der Waals surface area contributed by atoms with Gasteiger partial charge in [0, 0.05) is 11.9 Å². The molecule has 0 unspecified atom stereocenters. The molecule has 20 heavy (non-hydrogen) atoms. The number of anilines is 1. The van der Waals surface area contributed by atoms with E-state index in [2.05, 4.69) is 28.3 Å². The molecule has 3 aromatic rings. The highest BCUT2D eigenvalue weighted by molar-refractivity contribution is 7.18. The Bertz CT molecular complexity index is 767. The number of rotatable bonds is 3. The van der Waals surface area contributed by atoms with Gasteiger partial charge in [-0.05, 0) is 37.6 Å². The van der Waals surface area contributed by atoms with Crippen LogP contribution >= 0.6 is 11.3 Å². The van der Waals surface area contributed by atoms with E-state index in [0.717, 1.165) is 21.5 Å². The van der Waals surface area contributed by atoms with E-state index in [9.17, 15) is 0 Å². The van der Waals surface area contributed by atoms with Crippen molar-refractivity contribution in [2.45, 2.75) is 13.8 Å². The topological polar surface area (TPSA) is 47.0 Å². The van der Waals surface area contributed by atoms with Crippen LogP contribution < -0.4 is 10.1 Å². The van der Waals surface area contributed by atoms with Crippen molar-refractivity contribution in [2.24, 2.45) is 0 Å². The number of nitrogens with one attached hydrogen (secondary N) is 1. The molecule has 0 fully saturated rings. The van der Waals surface area contributed by atoms with Crippen LogP contribution in [-0.2, 0) is 0 Å². The summed E-state index contributed by atoms with van der Waals surface area (Å²) in [4.78, 5) is 11.0. The maximum atomic E-state index is 5.94. The van der Waals surface area contributed by atoms with Gasteiger partial charge >= 0.3 is 0 Å². The lowest BCUT2D eigenvalue weighted by molar-refractivity contribution is 0.469. The fourth-order valence-electron chi connectivity index (χ4n) is 2.00. The lowest BCUT2D eigenvalue weighted by Gasteiger charge is -2.08. The molecule has 1 aromatic carbocycles. The largest absolute Gasteiger partial charge is 0.438 e. The summed E-state index contributed by atoms with van der Waals surface area (Å²) < 4.78 is 5.94. The predicted molar refractivity (Wildman–Crippen MR) is 83.0 cm³/mol. The van der Waals surface area contributed by atoms with Crippen molar-refractivity contribution in [3.8, 4) is 11.6 Å². The fraction of sp³-hybridized carbons (Fsp3) is 0.200. The van der Waals surface area contributed by atoms with Gasteiger partial charge < -0.3 is 10.1 Å². The Hall–Kier alpha value is -2.14. The third kappa shape index (κ3) is 2.44. The van der Waals surface area contributed by atoms with Gasteiger partial charge in [-0.15, -0.1) is 11.3 Å². The fourth-order valence-corrected chi connectivity index (χ4v) is 2.87. The number of ether oxygens (including phenoxy) is 1. The van der Waals surface area contributed by atoms with Crippen molar-refractivity contribution in [1.29, 1.82) is 0 Å². The molecule has 1 N–H and O–H groups in total. The van der Waals surface area contributed by atoms with Gasteiger partial charge in [-0.2, -0.15) is 4.98 Å². The molecule has 0 aliphatic heterocycles. The average molecular weight is 285 g/mol. The normalized spacial score (nSPS) is 10.8. The summed E-state index contributed by atoms with van der Waals surface area (Å²) in [5.74, 6) is 1.95. The standard InChI is InChI=1S/C15H15N3OS/c1-9-5-4-6-11(7-9)19-13-12-8-10(2)20-14(12)18-15(16-3)17-13/h4-8H,1-3H3,(H,16,17,18). The summed E-state index contributed by atoms with van der Waals surface area (Å²) in [6.45, 7) is 4.10. The van der Waals surface area contributed by atoms with E-state index in [4.69, 9.17) is 4.74 Å². The molecule has 4 nitrogen and oxygen atoms in total. The van der Waals surface area contributed by atoms with Gasteiger partial charge in [0.25, 0.3) is 0 Å². The summed E-state index contributed by atoms with van der Waals surface area (Å²) in [5.41, 5.74) is 1.16. The van der Waals surface area contributed by atoms with Gasteiger partial charge in [-0.1, -0.05) is 12.1 Å². The van der Waals surface area contributed by atoms with Crippen molar-refractivity contribution in [3.05, 3.63) is 40.8 Å². The lowest BCUT2D eigenvalue weighted by Crippen LogP contribution is -1.98. The Morgan fingerprint density at radius 3 is 2.75 bits per heavy atom. The minimum absolute atomic E-state index is 0.571. The minimum Gasteiger partial charge on any atom is -0.438 e. The minimum atomic E-state index is 0.571. The van der Waals surface area contributed by atoms with Gasteiger partial charge in [-0.25, -0.2) is 4.98 Å². The second kappa shape index (κ2) is 5.09. The molecule has 0 spiro atoms. The highest BCUT2D eigenvalue weighted by Crippen LogP contribution is 2.33. The molecular weight excluding hydrogens is 270 g/mol. The lowest BCUT2D eigenvalue weighted by atomic mass is 10.2. The van der Waals surface area contributed by atoms with Crippen LogP contribution in [0, 0.1) is 13.8 Å². The van der Waals surface area contributed by atoms with E-state index in [1.165, 1.54) is 4.88 Å². The monoisotopic (exact) mass is 285 g/mol. The number of hydrogen-bond acceptors (Lipinski definition) is 5. The molecule has 5 heteroatoms. The Morgan fingerprint density at radius 1 is 1.15 bits per heavy atom. The van der Waals surface area contributed by atoms with Crippen LogP contribution in [0.4, 0.5) is 5.95 Å². The van der Waals surface area contributed by atoms with Gasteiger partial charge in [0.05, 0.1) is 5.39 Å². The Morgan fingerprint density at radius 2 is 2.00 bits per heavy atom. The molecule has 2 aromatic heterocycles. The smallest absolute Gasteiger partial charge is 0.232 e. The van der Waals surface area contributed by atoms with Crippen LogP contribution in [0.25, 0.3) is 10.2 Å². The Balaban J connectivity index is 2.09. The molecule has 0 amide bonds. The van der Waals surface area contributed by atoms with Gasteiger partial charge in [-0.3, -0.25) is 0 Å². The summed E-state index contributed by atoms with van der Waals surface area (Å²) in [7, 11) is 1.80. The number of fused-ring (bicyclic) bond motifs is 1. The molecule has 3 rings (SSSR count).